The smallest absolute Gasteiger partial charge is 0.323 e. The number of aliphatic carboxylic acids is 1. The Bertz CT molecular complexity index is 455. The molecule has 0 aliphatic rings. The second-order valence-corrected chi connectivity index (χ2v) is 4.48. The molecule has 1 N–H and O–H groups in total. The summed E-state index contributed by atoms with van der Waals surface area (Å²) in [5.74, 6) is -1.79. The van der Waals surface area contributed by atoms with Crippen molar-refractivity contribution >= 4 is 11.9 Å². The van der Waals surface area contributed by atoms with Gasteiger partial charge in [0.25, 0.3) is 0 Å². The van der Waals surface area contributed by atoms with Crippen molar-refractivity contribution < 1.29 is 19.4 Å². The quantitative estimate of drug-likeness (QED) is 0.597. The number of aryl methyl sites for hydroxylation is 2. The molecule has 0 aromatic carbocycles. The van der Waals surface area contributed by atoms with E-state index < -0.39 is 17.4 Å². The molecule has 0 amide bonds. The molecule has 1 aromatic rings. The molecule has 0 saturated carbocycles. The number of carboxylic acids is 1. The Balaban J connectivity index is 2.85. The van der Waals surface area contributed by atoms with Crippen LogP contribution >= 0.6 is 0 Å². The molecule has 0 aliphatic carbocycles. The first kappa shape index (κ1) is 15.2. The molecule has 0 bridgehead atoms. The maximum atomic E-state index is 11.9. The minimum atomic E-state index is -1.47. The maximum Gasteiger partial charge on any atom is 0.323 e. The molecule has 0 aliphatic heterocycles. The molecule has 6 heteroatoms. The molecule has 0 radical (unpaired) electrons. The van der Waals surface area contributed by atoms with E-state index >= 15 is 0 Å². The van der Waals surface area contributed by atoms with E-state index in [0.29, 0.717) is 6.42 Å². The molecule has 1 aromatic heterocycles. The highest BCUT2D eigenvalue weighted by atomic mass is 16.5. The molecule has 0 spiro atoms. The summed E-state index contributed by atoms with van der Waals surface area (Å²) in [6, 6.07) is 0. The maximum absolute atomic E-state index is 11.9. The fourth-order valence-corrected chi connectivity index (χ4v) is 2.00. The van der Waals surface area contributed by atoms with Gasteiger partial charge >= 0.3 is 11.9 Å². The Labute approximate surface area is 112 Å². The average Bonchev–Trinajstić information content (AvgIpc) is 2.76. The summed E-state index contributed by atoms with van der Waals surface area (Å²) >= 11 is 0. The van der Waals surface area contributed by atoms with Gasteiger partial charge in [-0.3, -0.25) is 14.3 Å². The molecular weight excluding hydrogens is 248 g/mol. The minimum Gasteiger partial charge on any atom is -0.480 e. The third-order valence-electron chi connectivity index (χ3n) is 3.28. The standard InChI is InChI=1S/C13H20N2O4/c1-4-13(11(16)17,12(18)19-5-2)7-6-10-8-14-15(3)9-10/h8-9H,4-7H2,1-3H3,(H,16,17). The molecular formula is C13H20N2O4. The number of esters is 1. The van der Waals surface area contributed by atoms with Gasteiger partial charge < -0.3 is 9.84 Å². The van der Waals surface area contributed by atoms with Crippen molar-refractivity contribution in [3.63, 3.8) is 0 Å². The number of carbonyl (C=O) groups is 2. The van der Waals surface area contributed by atoms with Crippen LogP contribution in [0.1, 0.15) is 32.3 Å². The van der Waals surface area contributed by atoms with Gasteiger partial charge in [0.05, 0.1) is 12.8 Å². The predicted octanol–water partition coefficient (Wildman–Crippen LogP) is 1.40. The van der Waals surface area contributed by atoms with Crippen LogP contribution in [0.3, 0.4) is 0 Å². The zero-order valence-electron chi connectivity index (χ0n) is 11.5. The van der Waals surface area contributed by atoms with Crippen LogP contribution < -0.4 is 0 Å². The number of carboxylic acid groups (broad SMARTS) is 1. The van der Waals surface area contributed by atoms with Crippen molar-refractivity contribution in [3.8, 4) is 0 Å². The van der Waals surface area contributed by atoms with Gasteiger partial charge in [-0.15, -0.1) is 0 Å². The summed E-state index contributed by atoms with van der Waals surface area (Å²) in [6.07, 6.45) is 4.39. The van der Waals surface area contributed by atoms with Gasteiger partial charge in [-0.2, -0.15) is 5.10 Å². The van der Waals surface area contributed by atoms with Crippen LogP contribution in [0, 0.1) is 5.41 Å². The molecule has 1 heterocycles. The van der Waals surface area contributed by atoms with Crippen LogP contribution in [0.4, 0.5) is 0 Å². The Hall–Kier alpha value is -1.85. The van der Waals surface area contributed by atoms with Crippen molar-refractivity contribution in [2.45, 2.75) is 33.1 Å². The van der Waals surface area contributed by atoms with Crippen LogP contribution in [-0.2, 0) is 27.8 Å². The van der Waals surface area contributed by atoms with Crippen LogP contribution in [0.15, 0.2) is 12.4 Å². The van der Waals surface area contributed by atoms with Crippen LogP contribution in [-0.4, -0.2) is 33.4 Å². The van der Waals surface area contributed by atoms with Gasteiger partial charge in [0.2, 0.25) is 0 Å². The lowest BCUT2D eigenvalue weighted by molar-refractivity contribution is -0.169. The summed E-state index contributed by atoms with van der Waals surface area (Å²) in [4.78, 5) is 23.4. The first-order valence-corrected chi connectivity index (χ1v) is 6.34. The molecule has 0 saturated heterocycles. The molecule has 19 heavy (non-hydrogen) atoms. The Morgan fingerprint density at radius 3 is 2.58 bits per heavy atom. The lowest BCUT2D eigenvalue weighted by Crippen LogP contribution is -2.40. The largest absolute Gasteiger partial charge is 0.480 e. The lowest BCUT2D eigenvalue weighted by atomic mass is 9.80. The lowest BCUT2D eigenvalue weighted by Gasteiger charge is -2.25. The summed E-state index contributed by atoms with van der Waals surface area (Å²) in [5, 5.41) is 13.4. The molecule has 0 fully saturated rings. The topological polar surface area (TPSA) is 81.4 Å². The first-order chi connectivity index (χ1) is 8.96. The highest BCUT2D eigenvalue weighted by Crippen LogP contribution is 2.30. The van der Waals surface area contributed by atoms with Crippen molar-refractivity contribution in [1.82, 2.24) is 9.78 Å². The Morgan fingerprint density at radius 2 is 2.16 bits per heavy atom. The van der Waals surface area contributed by atoms with Crippen molar-refractivity contribution in [2.75, 3.05) is 6.61 Å². The number of nitrogens with zero attached hydrogens (tertiary/aromatic N) is 2. The fraction of sp³-hybridized carbons (Fsp3) is 0.615. The average molecular weight is 268 g/mol. The highest BCUT2D eigenvalue weighted by Gasteiger charge is 2.45. The van der Waals surface area contributed by atoms with Crippen molar-refractivity contribution in [3.05, 3.63) is 18.0 Å². The highest BCUT2D eigenvalue weighted by molar-refractivity contribution is 5.99. The van der Waals surface area contributed by atoms with E-state index in [2.05, 4.69) is 5.10 Å². The second-order valence-electron chi connectivity index (χ2n) is 4.48. The number of ether oxygens (including phenoxy) is 1. The fourth-order valence-electron chi connectivity index (χ4n) is 2.00. The van der Waals surface area contributed by atoms with Crippen molar-refractivity contribution in [2.24, 2.45) is 12.5 Å². The van der Waals surface area contributed by atoms with Gasteiger partial charge in [-0.25, -0.2) is 0 Å². The number of carbonyl (C=O) groups excluding carboxylic acids is 1. The molecule has 106 valence electrons. The van der Waals surface area contributed by atoms with E-state index in [1.54, 1.807) is 31.8 Å². The van der Waals surface area contributed by atoms with Crippen LogP contribution in [0.25, 0.3) is 0 Å². The molecule has 1 atom stereocenters. The van der Waals surface area contributed by atoms with Gasteiger partial charge in [0.15, 0.2) is 5.41 Å². The summed E-state index contributed by atoms with van der Waals surface area (Å²) in [5.41, 5.74) is -0.558. The SMILES string of the molecule is CCOC(=O)C(CC)(CCc1cnn(C)c1)C(=O)O. The molecule has 1 rings (SSSR count). The van der Waals surface area contributed by atoms with Gasteiger partial charge in [0.1, 0.15) is 0 Å². The van der Waals surface area contributed by atoms with Gasteiger partial charge in [-0.05, 0) is 31.7 Å². The van der Waals surface area contributed by atoms with Crippen LogP contribution in [0.5, 0.6) is 0 Å². The second kappa shape index (κ2) is 6.36. The number of aromatic nitrogens is 2. The number of hydrogen-bond donors (Lipinski definition) is 1. The van der Waals surface area contributed by atoms with Crippen molar-refractivity contribution in [1.29, 1.82) is 0 Å². The van der Waals surface area contributed by atoms with Gasteiger partial charge in [0, 0.05) is 13.2 Å². The Kier molecular flexibility index (Phi) is 5.09. The zero-order chi connectivity index (χ0) is 14.5. The zero-order valence-corrected chi connectivity index (χ0v) is 11.5. The monoisotopic (exact) mass is 268 g/mol. The third kappa shape index (κ3) is 3.33. The van der Waals surface area contributed by atoms with E-state index in [1.807, 2.05) is 6.20 Å². The first-order valence-electron chi connectivity index (χ1n) is 6.34. The number of rotatable bonds is 7. The van der Waals surface area contributed by atoms with E-state index in [1.165, 1.54) is 0 Å². The third-order valence-corrected chi connectivity index (χ3v) is 3.28. The molecule has 1 unspecified atom stereocenters. The van der Waals surface area contributed by atoms with Crippen LogP contribution in [0.2, 0.25) is 0 Å². The van der Waals surface area contributed by atoms with E-state index in [-0.39, 0.29) is 19.4 Å². The predicted molar refractivity (Wildman–Crippen MR) is 68.5 cm³/mol. The van der Waals surface area contributed by atoms with E-state index in [9.17, 15) is 14.7 Å². The molecule has 6 nitrogen and oxygen atoms in total. The summed E-state index contributed by atoms with van der Waals surface area (Å²) < 4.78 is 6.56. The summed E-state index contributed by atoms with van der Waals surface area (Å²) in [6.45, 7) is 3.54. The van der Waals surface area contributed by atoms with Gasteiger partial charge in [-0.1, -0.05) is 6.92 Å². The summed E-state index contributed by atoms with van der Waals surface area (Å²) in [7, 11) is 1.79. The van der Waals surface area contributed by atoms with E-state index in [0.717, 1.165) is 5.56 Å². The normalized spacial score (nSPS) is 13.8. The number of hydrogen-bond acceptors (Lipinski definition) is 4. The van der Waals surface area contributed by atoms with E-state index in [4.69, 9.17) is 4.74 Å². The minimum absolute atomic E-state index is 0.181. The Morgan fingerprint density at radius 1 is 1.47 bits per heavy atom.